The molecule has 24 heavy (non-hydrogen) atoms. The second-order valence-corrected chi connectivity index (χ2v) is 6.27. The third-order valence-electron chi connectivity index (χ3n) is 3.63. The maximum Gasteiger partial charge on any atom is 0.214 e. The predicted molar refractivity (Wildman–Crippen MR) is 94.0 cm³/mol. The smallest absolute Gasteiger partial charge is 0.214 e. The van der Waals surface area contributed by atoms with Crippen molar-refractivity contribution in [1.29, 1.82) is 0 Å². The van der Waals surface area contributed by atoms with Crippen LogP contribution in [0.15, 0.2) is 61.1 Å². The van der Waals surface area contributed by atoms with E-state index in [1.54, 1.807) is 16.9 Å². The lowest BCUT2D eigenvalue weighted by Crippen LogP contribution is -2.12. The average molecular weight is 337 g/mol. The summed E-state index contributed by atoms with van der Waals surface area (Å²) in [6.45, 7) is 0.399. The van der Waals surface area contributed by atoms with E-state index in [0.29, 0.717) is 6.54 Å². The Bertz CT molecular complexity index is 904. The molecule has 7 heteroatoms. The van der Waals surface area contributed by atoms with Crippen LogP contribution in [-0.2, 0) is 0 Å². The Morgan fingerprint density at radius 3 is 2.79 bits per heavy atom. The van der Waals surface area contributed by atoms with Crippen LogP contribution in [0.4, 0.5) is 5.13 Å². The minimum absolute atomic E-state index is 0.399. The summed E-state index contributed by atoms with van der Waals surface area (Å²) in [7, 11) is 0. The molecule has 3 aromatic heterocycles. The highest BCUT2D eigenvalue weighted by Gasteiger charge is 2.11. The molecule has 0 aliphatic carbocycles. The summed E-state index contributed by atoms with van der Waals surface area (Å²) in [6.07, 6.45) is 4.82. The van der Waals surface area contributed by atoms with Crippen LogP contribution in [0.1, 0.15) is 11.7 Å². The van der Waals surface area contributed by atoms with Gasteiger partial charge in [0, 0.05) is 24.5 Å². The Morgan fingerprint density at radius 1 is 1.17 bits per heavy atom. The number of hydrogen-bond acceptors (Lipinski definition) is 6. The molecule has 0 aliphatic heterocycles. The van der Waals surface area contributed by atoms with Gasteiger partial charge in [0.1, 0.15) is 0 Å². The number of benzene rings is 1. The summed E-state index contributed by atoms with van der Waals surface area (Å²) in [5, 5.41) is 18.5. The zero-order chi connectivity index (χ0) is 16.4. The molecule has 0 fully saturated rings. The van der Waals surface area contributed by atoms with Gasteiger partial charge >= 0.3 is 0 Å². The number of nitrogens with one attached hydrogen (secondary N) is 1. The van der Waals surface area contributed by atoms with E-state index in [0.717, 1.165) is 26.9 Å². The van der Waals surface area contributed by atoms with Gasteiger partial charge < -0.3 is 10.4 Å². The monoisotopic (exact) mass is 337 g/mol. The molecular weight excluding hydrogens is 322 g/mol. The number of aliphatic hydroxyl groups is 1. The van der Waals surface area contributed by atoms with Crippen LogP contribution in [0.2, 0.25) is 0 Å². The molecule has 0 bridgehead atoms. The van der Waals surface area contributed by atoms with Crippen molar-refractivity contribution in [1.82, 2.24) is 19.6 Å². The third-order valence-corrected chi connectivity index (χ3v) is 4.51. The first-order valence-corrected chi connectivity index (χ1v) is 8.35. The molecule has 0 radical (unpaired) electrons. The van der Waals surface area contributed by atoms with Gasteiger partial charge in [-0.1, -0.05) is 41.7 Å². The Hall–Kier alpha value is -2.77. The molecule has 0 amide bonds. The molecule has 0 saturated heterocycles. The normalized spacial score (nSPS) is 12.4. The fourth-order valence-corrected chi connectivity index (χ4v) is 3.19. The molecule has 0 aliphatic rings. The van der Waals surface area contributed by atoms with Crippen molar-refractivity contribution in [3.8, 4) is 11.3 Å². The van der Waals surface area contributed by atoms with Crippen LogP contribution in [0.5, 0.6) is 0 Å². The molecular formula is C17H15N5OS. The largest absolute Gasteiger partial charge is 0.387 e. The first-order chi connectivity index (χ1) is 11.8. The summed E-state index contributed by atoms with van der Waals surface area (Å²) in [6, 6.07) is 13.4. The number of aliphatic hydroxyl groups excluding tert-OH is 1. The van der Waals surface area contributed by atoms with Gasteiger partial charge in [-0.3, -0.25) is 4.98 Å². The van der Waals surface area contributed by atoms with E-state index in [9.17, 15) is 5.11 Å². The minimum atomic E-state index is -0.576. The number of fused-ring (bicyclic) bond motifs is 1. The molecule has 6 nitrogen and oxygen atoms in total. The van der Waals surface area contributed by atoms with Crippen LogP contribution in [0.3, 0.4) is 0 Å². The molecule has 0 spiro atoms. The maximum absolute atomic E-state index is 10.2. The van der Waals surface area contributed by atoms with Crippen molar-refractivity contribution in [3.05, 3.63) is 66.6 Å². The van der Waals surface area contributed by atoms with Crippen molar-refractivity contribution in [2.24, 2.45) is 0 Å². The molecule has 0 saturated carbocycles. The topological polar surface area (TPSA) is 75.3 Å². The quantitative estimate of drug-likeness (QED) is 0.585. The Labute approximate surface area is 142 Å². The lowest BCUT2D eigenvalue weighted by atomic mass is 10.1. The van der Waals surface area contributed by atoms with E-state index in [4.69, 9.17) is 0 Å². The molecule has 2 N–H and O–H groups in total. The molecule has 3 heterocycles. The second-order valence-electron chi connectivity index (χ2n) is 5.31. The van der Waals surface area contributed by atoms with Gasteiger partial charge in [0.2, 0.25) is 10.1 Å². The summed E-state index contributed by atoms with van der Waals surface area (Å²) in [4.78, 5) is 9.47. The number of anilines is 1. The number of hydrogen-bond donors (Lipinski definition) is 2. The second kappa shape index (κ2) is 6.38. The first kappa shape index (κ1) is 14.8. The van der Waals surface area contributed by atoms with E-state index in [2.05, 4.69) is 20.4 Å². The molecule has 1 atom stereocenters. The van der Waals surface area contributed by atoms with Crippen LogP contribution in [0.25, 0.3) is 16.2 Å². The van der Waals surface area contributed by atoms with Gasteiger partial charge in [-0.05, 0) is 17.7 Å². The SMILES string of the molecule is OC(CNc1nn2cc(-c3cccnc3)nc2s1)c1ccccc1. The standard InChI is InChI=1S/C17H15N5OS/c23-15(12-5-2-1-3-6-12)10-19-16-21-22-11-14(20-17(22)24-16)13-7-4-8-18-9-13/h1-9,11,15,23H,10H2,(H,19,21). The van der Waals surface area contributed by atoms with Crippen molar-refractivity contribution >= 4 is 21.4 Å². The molecule has 4 rings (SSSR count). The predicted octanol–water partition coefficient (Wildman–Crippen LogP) is 3.00. The number of nitrogens with zero attached hydrogens (tertiary/aromatic N) is 4. The highest BCUT2D eigenvalue weighted by atomic mass is 32.1. The zero-order valence-electron chi connectivity index (χ0n) is 12.7. The first-order valence-electron chi connectivity index (χ1n) is 7.53. The van der Waals surface area contributed by atoms with Gasteiger partial charge in [0.15, 0.2) is 0 Å². The van der Waals surface area contributed by atoms with Gasteiger partial charge in [-0.2, -0.15) is 0 Å². The molecule has 4 aromatic rings. The van der Waals surface area contributed by atoms with E-state index in [-0.39, 0.29) is 0 Å². The zero-order valence-corrected chi connectivity index (χ0v) is 13.5. The number of aromatic nitrogens is 4. The fraction of sp³-hybridized carbons (Fsp3) is 0.118. The maximum atomic E-state index is 10.2. The van der Waals surface area contributed by atoms with Gasteiger partial charge in [-0.25, -0.2) is 9.50 Å². The van der Waals surface area contributed by atoms with E-state index < -0.39 is 6.10 Å². The lowest BCUT2D eigenvalue weighted by molar-refractivity contribution is 0.191. The highest BCUT2D eigenvalue weighted by molar-refractivity contribution is 7.20. The molecule has 1 unspecified atom stereocenters. The summed E-state index contributed by atoms with van der Waals surface area (Å²) < 4.78 is 1.74. The van der Waals surface area contributed by atoms with Gasteiger partial charge in [-0.15, -0.1) is 5.10 Å². The minimum Gasteiger partial charge on any atom is -0.387 e. The van der Waals surface area contributed by atoms with Gasteiger partial charge in [0.05, 0.1) is 18.0 Å². The van der Waals surface area contributed by atoms with Crippen LogP contribution in [-0.4, -0.2) is 31.2 Å². The summed E-state index contributed by atoms with van der Waals surface area (Å²) in [5.74, 6) is 0. The van der Waals surface area contributed by atoms with E-state index >= 15 is 0 Å². The van der Waals surface area contributed by atoms with Crippen LogP contribution >= 0.6 is 11.3 Å². The fourth-order valence-electron chi connectivity index (χ4n) is 2.40. The van der Waals surface area contributed by atoms with E-state index in [1.807, 2.05) is 48.7 Å². The summed E-state index contributed by atoms with van der Waals surface area (Å²) in [5.41, 5.74) is 2.69. The Balaban J connectivity index is 1.47. The van der Waals surface area contributed by atoms with Crippen LogP contribution < -0.4 is 5.32 Å². The number of pyridine rings is 1. The van der Waals surface area contributed by atoms with E-state index in [1.165, 1.54) is 11.3 Å². The van der Waals surface area contributed by atoms with Crippen molar-refractivity contribution in [2.45, 2.75) is 6.10 Å². The average Bonchev–Trinajstić information content (AvgIpc) is 3.20. The highest BCUT2D eigenvalue weighted by Crippen LogP contribution is 2.24. The van der Waals surface area contributed by atoms with Gasteiger partial charge in [0.25, 0.3) is 0 Å². The Kier molecular flexibility index (Phi) is 3.94. The summed E-state index contributed by atoms with van der Waals surface area (Å²) >= 11 is 1.45. The number of imidazole rings is 1. The molecule has 1 aromatic carbocycles. The van der Waals surface area contributed by atoms with Crippen molar-refractivity contribution < 1.29 is 5.11 Å². The van der Waals surface area contributed by atoms with Crippen molar-refractivity contribution in [3.63, 3.8) is 0 Å². The lowest BCUT2D eigenvalue weighted by Gasteiger charge is -2.10. The number of rotatable bonds is 5. The Morgan fingerprint density at radius 2 is 2.04 bits per heavy atom. The van der Waals surface area contributed by atoms with Crippen LogP contribution in [0, 0.1) is 0 Å². The molecule has 120 valence electrons. The third kappa shape index (κ3) is 2.99. The van der Waals surface area contributed by atoms with Crippen molar-refractivity contribution in [2.75, 3.05) is 11.9 Å².